The summed E-state index contributed by atoms with van der Waals surface area (Å²) in [6.45, 7) is 3.34. The second-order valence-electron chi connectivity index (χ2n) is 6.43. The average Bonchev–Trinajstić information content (AvgIpc) is 3.33. The number of hydrogen-bond donors (Lipinski definition) is 2. The van der Waals surface area contributed by atoms with E-state index in [0.29, 0.717) is 12.6 Å². The van der Waals surface area contributed by atoms with Crippen molar-refractivity contribution in [1.82, 2.24) is 10.2 Å². The molecule has 0 spiro atoms. The van der Waals surface area contributed by atoms with Crippen molar-refractivity contribution in [3.63, 3.8) is 0 Å². The molecule has 0 unspecified atom stereocenters. The number of anilines is 1. The van der Waals surface area contributed by atoms with Crippen molar-refractivity contribution >= 4 is 11.6 Å². The van der Waals surface area contributed by atoms with Crippen LogP contribution in [0.5, 0.6) is 0 Å². The Morgan fingerprint density at radius 1 is 1.18 bits per heavy atom. The number of carbonyl (C=O) groups is 1. The topological polar surface area (TPSA) is 44.4 Å². The first-order valence-electron chi connectivity index (χ1n) is 8.21. The van der Waals surface area contributed by atoms with Crippen molar-refractivity contribution in [3.05, 3.63) is 30.1 Å². The van der Waals surface area contributed by atoms with Crippen molar-refractivity contribution in [3.8, 4) is 0 Å². The van der Waals surface area contributed by atoms with Crippen molar-refractivity contribution in [2.75, 3.05) is 31.5 Å². The number of hydrogen-bond acceptors (Lipinski definition) is 3. The van der Waals surface area contributed by atoms with Gasteiger partial charge in [0.05, 0.1) is 12.2 Å². The van der Waals surface area contributed by atoms with Crippen LogP contribution in [-0.2, 0) is 4.79 Å². The maximum absolute atomic E-state index is 13.5. The largest absolute Gasteiger partial charge is 0.322 e. The highest BCUT2D eigenvalue weighted by Crippen LogP contribution is 2.28. The minimum atomic E-state index is -0.390. The number of piperidine rings is 1. The van der Waals surface area contributed by atoms with Crippen LogP contribution < -0.4 is 10.6 Å². The summed E-state index contributed by atoms with van der Waals surface area (Å²) < 4.78 is 13.5. The molecule has 4 nitrogen and oxygen atoms in total. The maximum Gasteiger partial charge on any atom is 0.238 e. The molecule has 2 aliphatic rings. The molecular formula is C17H24FN3O. The molecule has 5 heteroatoms. The molecule has 1 saturated carbocycles. The van der Waals surface area contributed by atoms with Crippen LogP contribution in [0.4, 0.5) is 10.1 Å². The Morgan fingerprint density at radius 3 is 2.59 bits per heavy atom. The molecule has 0 atom stereocenters. The van der Waals surface area contributed by atoms with E-state index >= 15 is 0 Å². The number of halogens is 1. The van der Waals surface area contributed by atoms with Gasteiger partial charge in [0.1, 0.15) is 5.82 Å². The Morgan fingerprint density at radius 2 is 1.91 bits per heavy atom. The molecule has 2 N–H and O–H groups in total. The normalized spacial score (nSPS) is 20.0. The Hall–Kier alpha value is -1.46. The third kappa shape index (κ3) is 4.52. The highest BCUT2D eigenvalue weighted by Gasteiger charge is 2.25. The van der Waals surface area contributed by atoms with Gasteiger partial charge in [0.25, 0.3) is 0 Å². The fraction of sp³-hybridized carbons (Fsp3) is 0.588. The van der Waals surface area contributed by atoms with Crippen LogP contribution >= 0.6 is 0 Å². The molecular weight excluding hydrogens is 281 g/mol. The zero-order chi connectivity index (χ0) is 15.4. The van der Waals surface area contributed by atoms with Crippen LogP contribution in [0, 0.1) is 11.7 Å². The number of nitrogens with zero attached hydrogens (tertiary/aromatic N) is 1. The van der Waals surface area contributed by atoms with Gasteiger partial charge < -0.3 is 10.6 Å². The molecule has 1 amide bonds. The van der Waals surface area contributed by atoms with Crippen LogP contribution in [0.25, 0.3) is 0 Å². The number of amides is 1. The fourth-order valence-corrected chi connectivity index (χ4v) is 2.91. The lowest BCUT2D eigenvalue weighted by molar-refractivity contribution is -0.117. The smallest absolute Gasteiger partial charge is 0.238 e. The summed E-state index contributed by atoms with van der Waals surface area (Å²) in [5.41, 5.74) is 0.258. The van der Waals surface area contributed by atoms with Gasteiger partial charge in [0.2, 0.25) is 5.91 Å². The lowest BCUT2D eigenvalue weighted by Crippen LogP contribution is -2.45. The van der Waals surface area contributed by atoms with E-state index in [9.17, 15) is 9.18 Å². The van der Waals surface area contributed by atoms with Gasteiger partial charge in [-0.15, -0.1) is 0 Å². The highest BCUT2D eigenvalue weighted by molar-refractivity contribution is 5.92. The molecule has 0 aromatic heterocycles. The molecule has 22 heavy (non-hydrogen) atoms. The van der Waals surface area contributed by atoms with Gasteiger partial charge in [-0.2, -0.15) is 0 Å². The SMILES string of the molecule is O=C(CN1CCC(NCC2CC2)CC1)Nc1ccccc1F. The zero-order valence-electron chi connectivity index (χ0n) is 12.9. The van der Waals surface area contributed by atoms with Crippen molar-refractivity contribution in [1.29, 1.82) is 0 Å². The van der Waals surface area contributed by atoms with Crippen LogP contribution in [0.3, 0.4) is 0 Å². The van der Waals surface area contributed by atoms with E-state index in [1.54, 1.807) is 18.2 Å². The van der Waals surface area contributed by atoms with Crippen LogP contribution in [0.15, 0.2) is 24.3 Å². The molecule has 1 aliphatic heterocycles. The molecule has 1 saturated heterocycles. The first kappa shape index (κ1) is 15.4. The van der Waals surface area contributed by atoms with E-state index < -0.39 is 0 Å². The second kappa shape index (κ2) is 7.20. The second-order valence-corrected chi connectivity index (χ2v) is 6.43. The van der Waals surface area contributed by atoms with E-state index in [0.717, 1.165) is 38.4 Å². The van der Waals surface area contributed by atoms with E-state index in [4.69, 9.17) is 0 Å². The van der Waals surface area contributed by atoms with Gasteiger partial charge in [-0.25, -0.2) is 4.39 Å². The average molecular weight is 305 g/mol. The van der Waals surface area contributed by atoms with Gasteiger partial charge in [-0.1, -0.05) is 12.1 Å². The predicted molar refractivity (Wildman–Crippen MR) is 85.2 cm³/mol. The van der Waals surface area contributed by atoms with Gasteiger partial charge in [0.15, 0.2) is 0 Å². The lowest BCUT2D eigenvalue weighted by atomic mass is 10.0. The van der Waals surface area contributed by atoms with Crippen LogP contribution in [0.1, 0.15) is 25.7 Å². The van der Waals surface area contributed by atoms with Gasteiger partial charge in [-0.05, 0) is 50.3 Å². The molecule has 1 aromatic carbocycles. The molecule has 1 aromatic rings. The van der Waals surface area contributed by atoms with E-state index in [2.05, 4.69) is 15.5 Å². The van der Waals surface area contributed by atoms with Crippen LogP contribution in [-0.4, -0.2) is 43.0 Å². The number of para-hydroxylation sites is 1. The van der Waals surface area contributed by atoms with Crippen molar-refractivity contribution < 1.29 is 9.18 Å². The predicted octanol–water partition coefficient (Wildman–Crippen LogP) is 2.23. The minimum Gasteiger partial charge on any atom is -0.322 e. The number of nitrogens with one attached hydrogen (secondary N) is 2. The summed E-state index contributed by atoms with van der Waals surface area (Å²) in [5, 5.41) is 6.27. The molecule has 0 radical (unpaired) electrons. The molecule has 3 rings (SSSR count). The molecule has 120 valence electrons. The Kier molecular flexibility index (Phi) is 5.05. The first-order valence-corrected chi connectivity index (χ1v) is 8.21. The zero-order valence-corrected chi connectivity index (χ0v) is 12.9. The Labute approximate surface area is 131 Å². The summed E-state index contributed by atoms with van der Waals surface area (Å²) >= 11 is 0. The fourth-order valence-electron chi connectivity index (χ4n) is 2.91. The summed E-state index contributed by atoms with van der Waals surface area (Å²) in [4.78, 5) is 14.1. The Bertz CT molecular complexity index is 510. The lowest BCUT2D eigenvalue weighted by Gasteiger charge is -2.32. The Balaban J connectivity index is 1.38. The van der Waals surface area contributed by atoms with Crippen LogP contribution in [0.2, 0.25) is 0 Å². The third-order valence-electron chi connectivity index (χ3n) is 4.49. The molecule has 1 aliphatic carbocycles. The quantitative estimate of drug-likeness (QED) is 0.847. The van der Waals surface area contributed by atoms with Gasteiger partial charge >= 0.3 is 0 Å². The van der Waals surface area contributed by atoms with Crippen molar-refractivity contribution in [2.24, 2.45) is 5.92 Å². The monoisotopic (exact) mass is 305 g/mol. The molecule has 0 bridgehead atoms. The summed E-state index contributed by atoms with van der Waals surface area (Å²) in [6, 6.07) is 6.86. The summed E-state index contributed by atoms with van der Waals surface area (Å²) in [7, 11) is 0. The third-order valence-corrected chi connectivity index (χ3v) is 4.49. The maximum atomic E-state index is 13.5. The number of likely N-dealkylation sites (tertiary alicyclic amines) is 1. The number of carbonyl (C=O) groups excluding carboxylic acids is 1. The minimum absolute atomic E-state index is 0.144. The highest BCUT2D eigenvalue weighted by atomic mass is 19.1. The van der Waals surface area contributed by atoms with Gasteiger partial charge in [0, 0.05) is 19.1 Å². The van der Waals surface area contributed by atoms with E-state index in [1.165, 1.54) is 18.9 Å². The number of rotatable bonds is 6. The molecule has 1 heterocycles. The number of benzene rings is 1. The van der Waals surface area contributed by atoms with E-state index in [1.807, 2.05) is 0 Å². The van der Waals surface area contributed by atoms with E-state index in [-0.39, 0.29) is 17.4 Å². The summed E-state index contributed by atoms with van der Waals surface area (Å²) in [6.07, 6.45) is 4.92. The summed E-state index contributed by atoms with van der Waals surface area (Å²) in [5.74, 6) is 0.373. The first-order chi connectivity index (χ1) is 10.7. The van der Waals surface area contributed by atoms with Gasteiger partial charge in [-0.3, -0.25) is 9.69 Å². The van der Waals surface area contributed by atoms with Crippen molar-refractivity contribution in [2.45, 2.75) is 31.7 Å². The molecule has 2 fully saturated rings. The standard InChI is InChI=1S/C17H24FN3O/c18-15-3-1-2-4-16(15)20-17(22)12-21-9-7-14(8-10-21)19-11-13-5-6-13/h1-4,13-14,19H,5-12H2,(H,20,22).